The maximum atomic E-state index is 13.8. The van der Waals surface area contributed by atoms with E-state index in [-0.39, 0.29) is 5.56 Å². The molecule has 1 aromatic rings. The predicted molar refractivity (Wildman–Crippen MR) is 62.8 cm³/mol. The van der Waals surface area contributed by atoms with Gasteiger partial charge in [-0.1, -0.05) is 6.08 Å². The lowest BCUT2D eigenvalue weighted by Gasteiger charge is -2.18. The van der Waals surface area contributed by atoms with Crippen molar-refractivity contribution >= 4 is 23.1 Å². The lowest BCUT2D eigenvalue weighted by atomic mass is 10.1. The molecule has 1 amide bonds. The minimum Gasteiger partial charge on any atom is -0.368 e. The van der Waals surface area contributed by atoms with Gasteiger partial charge in [0, 0.05) is 13.6 Å². The summed E-state index contributed by atoms with van der Waals surface area (Å²) in [6.45, 7) is 4.03. The van der Waals surface area contributed by atoms with Gasteiger partial charge in [-0.05, 0) is 12.1 Å². The average Bonchev–Trinajstić information content (AvgIpc) is 2.55. The van der Waals surface area contributed by atoms with Gasteiger partial charge in [-0.2, -0.15) is 0 Å². The van der Waals surface area contributed by atoms with Crippen molar-refractivity contribution in [2.75, 3.05) is 23.8 Å². The zero-order valence-corrected chi connectivity index (χ0v) is 9.29. The van der Waals surface area contributed by atoms with Gasteiger partial charge in [0.05, 0.1) is 16.9 Å². The maximum Gasteiger partial charge on any atom is 0.296 e. The first kappa shape index (κ1) is 11.3. The third kappa shape index (κ3) is 1.80. The van der Waals surface area contributed by atoms with Crippen LogP contribution in [-0.2, 0) is 4.79 Å². The number of likely N-dealkylation sites (N-methyl/N-ethyl adjacent to an activating group) is 1. The smallest absolute Gasteiger partial charge is 0.296 e. The summed E-state index contributed by atoms with van der Waals surface area (Å²) in [5.74, 6) is -1.95. The van der Waals surface area contributed by atoms with Crippen LogP contribution in [0.2, 0.25) is 0 Å². The second-order valence-electron chi connectivity index (χ2n) is 3.80. The van der Waals surface area contributed by atoms with E-state index in [0.717, 1.165) is 6.07 Å². The monoisotopic (exact) mass is 234 g/mol. The summed E-state index contributed by atoms with van der Waals surface area (Å²) in [5.41, 5.74) is 0.759. The molecular weight excluding hydrogens is 223 g/mol. The van der Waals surface area contributed by atoms with Crippen LogP contribution in [0, 0.1) is 5.82 Å². The Morgan fingerprint density at radius 2 is 2.18 bits per heavy atom. The van der Waals surface area contributed by atoms with Crippen LogP contribution in [0.15, 0.2) is 24.8 Å². The average molecular weight is 234 g/mol. The molecule has 0 bridgehead atoms. The third-order valence-electron chi connectivity index (χ3n) is 2.60. The van der Waals surface area contributed by atoms with E-state index in [2.05, 4.69) is 11.9 Å². The number of nitrogens with zero attached hydrogens (tertiary/aromatic N) is 1. The van der Waals surface area contributed by atoms with Crippen molar-refractivity contribution in [3.05, 3.63) is 36.2 Å². The van der Waals surface area contributed by atoms with Crippen molar-refractivity contribution in [1.29, 1.82) is 0 Å². The molecule has 2 rings (SSSR count). The number of rotatable bonds is 3. The lowest BCUT2D eigenvalue weighted by molar-refractivity contribution is -0.112. The van der Waals surface area contributed by atoms with Crippen molar-refractivity contribution in [1.82, 2.24) is 0 Å². The molecule has 5 heteroatoms. The summed E-state index contributed by atoms with van der Waals surface area (Å²) in [7, 11) is 1.70. The maximum absolute atomic E-state index is 13.8. The Morgan fingerprint density at radius 1 is 1.47 bits per heavy atom. The molecule has 0 radical (unpaired) electrons. The molecule has 1 heterocycles. The number of Topliss-reactive ketones (excluding diaryl/α,β-unsaturated/α-hetero) is 1. The van der Waals surface area contributed by atoms with Crippen molar-refractivity contribution in [2.24, 2.45) is 0 Å². The molecule has 4 nitrogen and oxygen atoms in total. The number of benzene rings is 1. The van der Waals surface area contributed by atoms with E-state index in [1.807, 2.05) is 0 Å². The fourth-order valence-corrected chi connectivity index (χ4v) is 1.74. The van der Waals surface area contributed by atoms with E-state index in [1.165, 1.54) is 6.07 Å². The number of hydrogen-bond donors (Lipinski definition) is 1. The van der Waals surface area contributed by atoms with Gasteiger partial charge >= 0.3 is 0 Å². The van der Waals surface area contributed by atoms with Crippen molar-refractivity contribution in [3.63, 3.8) is 0 Å². The van der Waals surface area contributed by atoms with Crippen molar-refractivity contribution in [3.8, 4) is 0 Å². The highest BCUT2D eigenvalue weighted by molar-refractivity contribution is 6.51. The Bertz CT molecular complexity index is 525. The van der Waals surface area contributed by atoms with E-state index in [1.54, 1.807) is 18.0 Å². The van der Waals surface area contributed by atoms with Crippen LogP contribution in [0.4, 0.5) is 15.8 Å². The molecule has 0 aromatic heterocycles. The van der Waals surface area contributed by atoms with Gasteiger partial charge in [0.25, 0.3) is 11.7 Å². The normalized spacial score (nSPS) is 13.3. The highest BCUT2D eigenvalue weighted by Gasteiger charge is 2.29. The Balaban J connectivity index is 2.46. The summed E-state index contributed by atoms with van der Waals surface area (Å²) in [5, 5.41) is 2.40. The van der Waals surface area contributed by atoms with Crippen LogP contribution in [0.5, 0.6) is 0 Å². The Kier molecular flexibility index (Phi) is 2.67. The number of carbonyl (C=O) groups is 2. The van der Waals surface area contributed by atoms with Gasteiger partial charge in [0.1, 0.15) is 5.82 Å². The molecule has 0 saturated heterocycles. The number of nitrogens with one attached hydrogen (secondary N) is 1. The van der Waals surface area contributed by atoms with Gasteiger partial charge in [-0.15, -0.1) is 6.58 Å². The van der Waals surface area contributed by atoms with Gasteiger partial charge in [-0.3, -0.25) is 9.59 Å². The molecule has 0 spiro atoms. The minimum atomic E-state index is -0.720. The van der Waals surface area contributed by atoms with Crippen LogP contribution in [0.1, 0.15) is 10.4 Å². The number of anilines is 2. The van der Waals surface area contributed by atoms with Crippen LogP contribution in [0.3, 0.4) is 0 Å². The van der Waals surface area contributed by atoms with E-state index in [9.17, 15) is 14.0 Å². The molecule has 0 saturated carbocycles. The summed E-state index contributed by atoms with van der Waals surface area (Å²) >= 11 is 0. The third-order valence-corrected chi connectivity index (χ3v) is 2.60. The van der Waals surface area contributed by atoms with Crippen molar-refractivity contribution < 1.29 is 14.0 Å². The number of hydrogen-bond acceptors (Lipinski definition) is 3. The second kappa shape index (κ2) is 4.01. The van der Waals surface area contributed by atoms with Gasteiger partial charge < -0.3 is 10.2 Å². The summed E-state index contributed by atoms with van der Waals surface area (Å²) in [4.78, 5) is 24.1. The standard InChI is InChI=1S/C12H11FN2O2/c1-3-4-15(2)10-6-9-7(5-8(10)13)11(16)12(17)14-9/h3,5-6H,1,4H2,2H3,(H,14,16,17). The van der Waals surface area contributed by atoms with E-state index < -0.39 is 17.5 Å². The number of carbonyl (C=O) groups excluding carboxylic acids is 2. The number of ketones is 1. The van der Waals surface area contributed by atoms with E-state index in [0.29, 0.717) is 17.9 Å². The highest BCUT2D eigenvalue weighted by Crippen LogP contribution is 2.30. The molecule has 1 aromatic carbocycles. The number of fused-ring (bicyclic) bond motifs is 1. The second-order valence-corrected chi connectivity index (χ2v) is 3.80. The van der Waals surface area contributed by atoms with Crippen LogP contribution in [0.25, 0.3) is 0 Å². The van der Waals surface area contributed by atoms with E-state index in [4.69, 9.17) is 0 Å². The quantitative estimate of drug-likeness (QED) is 0.638. The lowest BCUT2D eigenvalue weighted by Crippen LogP contribution is -2.18. The largest absolute Gasteiger partial charge is 0.368 e. The molecule has 1 aliphatic heterocycles. The zero-order chi connectivity index (χ0) is 12.6. The fourth-order valence-electron chi connectivity index (χ4n) is 1.74. The van der Waals surface area contributed by atoms with Gasteiger partial charge in [0.2, 0.25) is 0 Å². The Labute approximate surface area is 97.7 Å². The molecule has 17 heavy (non-hydrogen) atoms. The molecule has 88 valence electrons. The van der Waals surface area contributed by atoms with Crippen molar-refractivity contribution in [2.45, 2.75) is 0 Å². The van der Waals surface area contributed by atoms with Crippen LogP contribution in [-0.4, -0.2) is 25.3 Å². The predicted octanol–water partition coefficient (Wildman–Crippen LogP) is 1.58. The Hall–Kier alpha value is -2.17. The van der Waals surface area contributed by atoms with Gasteiger partial charge in [0.15, 0.2) is 0 Å². The SMILES string of the molecule is C=CCN(C)c1cc2c(cc1F)C(=O)C(=O)N2. The molecule has 1 aliphatic rings. The summed E-state index contributed by atoms with van der Waals surface area (Å²) in [6, 6.07) is 2.54. The molecule has 0 unspecified atom stereocenters. The topological polar surface area (TPSA) is 49.4 Å². The van der Waals surface area contributed by atoms with E-state index >= 15 is 0 Å². The Morgan fingerprint density at radius 3 is 2.82 bits per heavy atom. The molecular formula is C12H11FN2O2. The zero-order valence-electron chi connectivity index (χ0n) is 9.29. The first-order chi connectivity index (χ1) is 8.04. The highest BCUT2D eigenvalue weighted by atomic mass is 19.1. The summed E-state index contributed by atoms with van der Waals surface area (Å²) < 4.78 is 13.8. The first-order valence-electron chi connectivity index (χ1n) is 5.06. The molecule has 1 N–H and O–H groups in total. The van der Waals surface area contributed by atoms with Gasteiger partial charge in [-0.25, -0.2) is 4.39 Å². The van der Waals surface area contributed by atoms with Crippen LogP contribution >= 0.6 is 0 Å². The molecule has 0 atom stereocenters. The summed E-state index contributed by atoms with van der Waals surface area (Å²) in [6.07, 6.45) is 1.64. The fraction of sp³-hybridized carbons (Fsp3) is 0.167. The number of amides is 1. The minimum absolute atomic E-state index is 0.0863. The molecule has 0 aliphatic carbocycles. The molecule has 0 fully saturated rings. The van der Waals surface area contributed by atoms with Crippen LogP contribution < -0.4 is 10.2 Å². The number of halogens is 1. The first-order valence-corrected chi connectivity index (χ1v) is 5.06.